The van der Waals surface area contributed by atoms with Gasteiger partial charge in [0.05, 0.1) is 0 Å². The molecular weight excluding hydrogens is 378 g/mol. The quantitative estimate of drug-likeness (QED) is 0.842. The van der Waals surface area contributed by atoms with E-state index in [0.29, 0.717) is 18.5 Å². The van der Waals surface area contributed by atoms with Crippen molar-refractivity contribution in [2.45, 2.75) is 44.7 Å². The van der Waals surface area contributed by atoms with Gasteiger partial charge in [0.25, 0.3) is 0 Å². The smallest absolute Gasteiger partial charge is 0.239 e. The van der Waals surface area contributed by atoms with Gasteiger partial charge < -0.3 is 14.8 Å². The van der Waals surface area contributed by atoms with Gasteiger partial charge in [-0.1, -0.05) is 28.4 Å². The van der Waals surface area contributed by atoms with Crippen LogP contribution in [0.1, 0.15) is 32.1 Å². The maximum Gasteiger partial charge on any atom is 0.239 e. The molecule has 134 valence electrons. The molecule has 1 aromatic heterocycles. The molecule has 0 unspecified atom stereocenters. The normalized spacial score (nSPS) is 24.2. The largest absolute Gasteiger partial charge is 0.354 e. The third-order valence-corrected chi connectivity index (χ3v) is 6.56. The van der Waals surface area contributed by atoms with Gasteiger partial charge in [-0.25, -0.2) is 0 Å². The molecule has 3 heterocycles. The molecule has 4 nitrogen and oxygen atoms in total. The number of piperidine rings is 2. The Morgan fingerprint density at radius 1 is 1.16 bits per heavy atom. The minimum absolute atomic E-state index is 0.116. The van der Waals surface area contributed by atoms with E-state index in [-0.39, 0.29) is 5.91 Å². The molecule has 25 heavy (non-hydrogen) atoms. The van der Waals surface area contributed by atoms with Crippen LogP contribution in [-0.4, -0.2) is 41.1 Å². The van der Waals surface area contributed by atoms with Crippen molar-refractivity contribution in [3.63, 3.8) is 0 Å². The first-order valence-corrected chi connectivity index (χ1v) is 10.3. The molecule has 2 aliphatic heterocycles. The number of nitrogens with zero attached hydrogens (tertiary/aromatic N) is 2. The summed E-state index contributed by atoms with van der Waals surface area (Å²) in [6.07, 6.45) is 8.51. The van der Waals surface area contributed by atoms with Gasteiger partial charge >= 0.3 is 0 Å². The van der Waals surface area contributed by atoms with Gasteiger partial charge in [0.1, 0.15) is 6.54 Å². The SMILES string of the molecule is O=C(Cn1ccc2c(Br)cccc21)NC[C@@H]1CCCN2CCCC[C@H]12. The van der Waals surface area contributed by atoms with Crippen molar-refractivity contribution in [3.8, 4) is 0 Å². The second-order valence-corrected chi connectivity index (χ2v) is 8.28. The van der Waals surface area contributed by atoms with Crippen molar-refractivity contribution in [1.82, 2.24) is 14.8 Å². The number of rotatable bonds is 4. The number of halogens is 1. The maximum absolute atomic E-state index is 12.5. The summed E-state index contributed by atoms with van der Waals surface area (Å²) in [5.41, 5.74) is 1.10. The predicted octanol–water partition coefficient (Wildman–Crippen LogP) is 3.78. The standard InChI is InChI=1S/C20H26BrN3O/c21-17-6-3-8-19-16(17)9-12-24(19)14-20(25)22-13-15-5-4-11-23-10-2-1-7-18(15)23/h3,6,8-9,12,15,18H,1-2,4-5,7,10-11,13-14H2,(H,22,25)/t15-,18+/m0/s1. The van der Waals surface area contributed by atoms with Gasteiger partial charge in [-0.05, 0) is 62.9 Å². The highest BCUT2D eigenvalue weighted by Gasteiger charge is 2.32. The molecule has 0 spiro atoms. The summed E-state index contributed by atoms with van der Waals surface area (Å²) in [6, 6.07) is 8.86. The van der Waals surface area contributed by atoms with Crippen LogP contribution in [0.15, 0.2) is 34.9 Å². The van der Waals surface area contributed by atoms with Crippen molar-refractivity contribution in [1.29, 1.82) is 0 Å². The zero-order valence-corrected chi connectivity index (χ0v) is 16.2. The van der Waals surface area contributed by atoms with E-state index >= 15 is 0 Å². The van der Waals surface area contributed by atoms with E-state index in [2.05, 4.69) is 38.3 Å². The summed E-state index contributed by atoms with van der Waals surface area (Å²) in [4.78, 5) is 15.1. The molecule has 0 bridgehead atoms. The zero-order chi connectivity index (χ0) is 17.2. The molecule has 0 aliphatic carbocycles. The molecule has 2 fully saturated rings. The molecule has 4 rings (SSSR count). The van der Waals surface area contributed by atoms with Crippen LogP contribution in [0.2, 0.25) is 0 Å². The van der Waals surface area contributed by atoms with Gasteiger partial charge in [0.2, 0.25) is 5.91 Å². The van der Waals surface area contributed by atoms with Crippen molar-refractivity contribution in [2.75, 3.05) is 19.6 Å². The first-order valence-electron chi connectivity index (χ1n) is 9.46. The topological polar surface area (TPSA) is 37.3 Å². The molecule has 0 saturated carbocycles. The second kappa shape index (κ2) is 7.50. The second-order valence-electron chi connectivity index (χ2n) is 7.42. The van der Waals surface area contributed by atoms with E-state index in [9.17, 15) is 4.79 Å². The predicted molar refractivity (Wildman–Crippen MR) is 105 cm³/mol. The van der Waals surface area contributed by atoms with Crippen LogP contribution in [-0.2, 0) is 11.3 Å². The minimum Gasteiger partial charge on any atom is -0.354 e. The number of nitrogens with one attached hydrogen (secondary N) is 1. The summed E-state index contributed by atoms with van der Waals surface area (Å²) in [5, 5.41) is 4.36. The first-order chi connectivity index (χ1) is 12.2. The van der Waals surface area contributed by atoms with Crippen LogP contribution >= 0.6 is 15.9 Å². The Morgan fingerprint density at radius 3 is 2.96 bits per heavy atom. The van der Waals surface area contributed by atoms with Gasteiger partial charge in [-0.15, -0.1) is 0 Å². The summed E-state index contributed by atoms with van der Waals surface area (Å²) < 4.78 is 3.10. The lowest BCUT2D eigenvalue weighted by Crippen LogP contribution is -2.51. The zero-order valence-electron chi connectivity index (χ0n) is 14.6. The van der Waals surface area contributed by atoms with E-state index in [0.717, 1.165) is 21.9 Å². The van der Waals surface area contributed by atoms with Gasteiger partial charge in [-0.2, -0.15) is 0 Å². The molecule has 1 N–H and O–H groups in total. The van der Waals surface area contributed by atoms with Crippen molar-refractivity contribution in [2.24, 2.45) is 5.92 Å². The van der Waals surface area contributed by atoms with E-state index < -0.39 is 0 Å². The van der Waals surface area contributed by atoms with Crippen LogP contribution in [0, 0.1) is 5.92 Å². The Morgan fingerprint density at radius 2 is 2.04 bits per heavy atom. The Balaban J connectivity index is 1.36. The van der Waals surface area contributed by atoms with Crippen molar-refractivity contribution in [3.05, 3.63) is 34.9 Å². The lowest BCUT2D eigenvalue weighted by atomic mass is 9.83. The van der Waals surface area contributed by atoms with Crippen molar-refractivity contribution >= 4 is 32.7 Å². The third-order valence-electron chi connectivity index (χ3n) is 5.86. The highest BCUT2D eigenvalue weighted by molar-refractivity contribution is 9.10. The summed E-state index contributed by atoms with van der Waals surface area (Å²) in [7, 11) is 0. The van der Waals surface area contributed by atoms with E-state index in [1.807, 2.05) is 22.9 Å². The number of hydrogen-bond donors (Lipinski definition) is 1. The van der Waals surface area contributed by atoms with E-state index in [1.165, 1.54) is 45.2 Å². The Kier molecular flexibility index (Phi) is 5.13. The molecule has 2 aliphatic rings. The number of amides is 1. The molecular formula is C20H26BrN3O. The third kappa shape index (κ3) is 3.63. The lowest BCUT2D eigenvalue weighted by Gasteiger charge is -2.44. The number of carbonyl (C=O) groups is 1. The Hall–Kier alpha value is -1.33. The average molecular weight is 404 g/mol. The maximum atomic E-state index is 12.5. The van der Waals surface area contributed by atoms with Crippen LogP contribution in [0.4, 0.5) is 0 Å². The monoisotopic (exact) mass is 403 g/mol. The van der Waals surface area contributed by atoms with E-state index in [4.69, 9.17) is 0 Å². The van der Waals surface area contributed by atoms with Crippen LogP contribution in [0.25, 0.3) is 10.9 Å². The van der Waals surface area contributed by atoms with Crippen LogP contribution in [0.3, 0.4) is 0 Å². The van der Waals surface area contributed by atoms with Gasteiger partial charge in [-0.3, -0.25) is 4.79 Å². The number of aromatic nitrogens is 1. The number of fused-ring (bicyclic) bond motifs is 2. The van der Waals surface area contributed by atoms with Crippen molar-refractivity contribution < 1.29 is 4.79 Å². The van der Waals surface area contributed by atoms with Gasteiger partial charge in [0, 0.05) is 34.2 Å². The highest BCUT2D eigenvalue weighted by Crippen LogP contribution is 2.30. The molecule has 0 radical (unpaired) electrons. The van der Waals surface area contributed by atoms with Crippen LogP contribution in [0.5, 0.6) is 0 Å². The van der Waals surface area contributed by atoms with Gasteiger partial charge in [0.15, 0.2) is 0 Å². The molecule has 5 heteroatoms. The summed E-state index contributed by atoms with van der Waals surface area (Å²) in [5.74, 6) is 0.735. The summed E-state index contributed by atoms with van der Waals surface area (Å²) >= 11 is 3.57. The fourth-order valence-corrected chi connectivity index (χ4v) is 5.08. The number of hydrogen-bond acceptors (Lipinski definition) is 2. The number of carbonyl (C=O) groups excluding carboxylic acids is 1. The molecule has 2 saturated heterocycles. The average Bonchev–Trinajstić information content (AvgIpc) is 3.04. The van der Waals surface area contributed by atoms with E-state index in [1.54, 1.807) is 0 Å². The first kappa shape index (κ1) is 17.1. The fraction of sp³-hybridized carbons (Fsp3) is 0.550. The molecule has 1 amide bonds. The fourth-order valence-electron chi connectivity index (χ4n) is 4.59. The Bertz CT molecular complexity index is 754. The molecule has 2 aromatic rings. The highest BCUT2D eigenvalue weighted by atomic mass is 79.9. The van der Waals surface area contributed by atoms with Crippen LogP contribution < -0.4 is 5.32 Å². The summed E-state index contributed by atoms with van der Waals surface area (Å²) in [6.45, 7) is 3.71. The molecule has 2 atom stereocenters. The lowest BCUT2D eigenvalue weighted by molar-refractivity contribution is -0.122. The Labute approximate surface area is 157 Å². The number of benzene rings is 1. The molecule has 1 aromatic carbocycles. The minimum atomic E-state index is 0.116.